The maximum Gasteiger partial charge on any atom is 0.346 e. The Kier molecular flexibility index (Phi) is 2.91. The van der Waals surface area contributed by atoms with E-state index >= 15 is 0 Å². The van der Waals surface area contributed by atoms with Crippen LogP contribution < -0.4 is 0 Å². The Balaban J connectivity index is 2.29. The molecule has 98 valence electrons. The molecule has 0 N–H and O–H groups in total. The van der Waals surface area contributed by atoms with Gasteiger partial charge in [-0.2, -0.15) is 0 Å². The highest BCUT2D eigenvalue weighted by Crippen LogP contribution is 2.31. The van der Waals surface area contributed by atoms with Crippen LogP contribution in [0.4, 0.5) is 0 Å². The van der Waals surface area contributed by atoms with E-state index in [1.807, 2.05) is 12.1 Å². The Hall–Kier alpha value is -2.75. The van der Waals surface area contributed by atoms with Crippen LogP contribution in [-0.4, -0.2) is 18.2 Å². The summed E-state index contributed by atoms with van der Waals surface area (Å²) in [5.41, 5.74) is 1.64. The number of carbonyl (C=O) groups is 3. The van der Waals surface area contributed by atoms with Crippen LogP contribution in [0.3, 0.4) is 0 Å². The summed E-state index contributed by atoms with van der Waals surface area (Å²) in [6.07, 6.45) is 4.67. The molecular weight excluding hydrogens is 256 g/mol. The van der Waals surface area contributed by atoms with E-state index in [2.05, 4.69) is 0 Å². The first-order valence-electron chi connectivity index (χ1n) is 6.15. The third kappa shape index (κ3) is 1.82. The molecule has 3 rings (SSSR count). The molecule has 0 fully saturated rings. The molecule has 4 nitrogen and oxygen atoms in total. The molecule has 1 aliphatic rings. The van der Waals surface area contributed by atoms with Gasteiger partial charge >= 0.3 is 11.9 Å². The number of hydrogen-bond donors (Lipinski definition) is 0. The van der Waals surface area contributed by atoms with Gasteiger partial charge in [0, 0.05) is 11.8 Å². The van der Waals surface area contributed by atoms with E-state index in [1.54, 1.807) is 30.3 Å². The second kappa shape index (κ2) is 4.74. The summed E-state index contributed by atoms with van der Waals surface area (Å²) in [6.45, 7) is 0. The minimum absolute atomic E-state index is 0.323. The molecule has 0 bridgehead atoms. The number of rotatable bonds is 3. The second-order valence-electron chi connectivity index (χ2n) is 4.41. The van der Waals surface area contributed by atoms with Gasteiger partial charge in [0.1, 0.15) is 6.29 Å². The summed E-state index contributed by atoms with van der Waals surface area (Å²) in [5, 5.41) is 1.41. The maximum absolute atomic E-state index is 11.7. The first-order valence-corrected chi connectivity index (χ1v) is 6.15. The van der Waals surface area contributed by atoms with Crippen LogP contribution in [-0.2, 0) is 9.53 Å². The molecule has 0 saturated carbocycles. The lowest BCUT2D eigenvalue weighted by molar-refractivity contribution is -0.107. The van der Waals surface area contributed by atoms with Gasteiger partial charge in [-0.3, -0.25) is 0 Å². The van der Waals surface area contributed by atoms with Crippen molar-refractivity contribution in [1.82, 2.24) is 0 Å². The predicted octanol–water partition coefficient (Wildman–Crippen LogP) is 2.75. The van der Waals surface area contributed by atoms with Gasteiger partial charge in [0.2, 0.25) is 0 Å². The minimum Gasteiger partial charge on any atom is -0.386 e. The van der Waals surface area contributed by atoms with E-state index in [9.17, 15) is 14.4 Å². The van der Waals surface area contributed by atoms with Gasteiger partial charge in [0.15, 0.2) is 0 Å². The van der Waals surface area contributed by atoms with Gasteiger partial charge in [0.25, 0.3) is 0 Å². The second-order valence-corrected chi connectivity index (χ2v) is 4.41. The summed E-state index contributed by atoms with van der Waals surface area (Å²) in [6, 6.07) is 8.64. The molecule has 1 heterocycles. The number of cyclic esters (lactones) is 2. The maximum atomic E-state index is 11.7. The standard InChI is InChI=1S/C16H10O4/c17-9-2-1-4-10-7-8-13-14-11(10)5-3-6-12(14)15(18)20-16(13)19/h1,3-9H,2H2. The molecule has 0 saturated heterocycles. The molecular formula is C16H10O4. The smallest absolute Gasteiger partial charge is 0.346 e. The van der Waals surface area contributed by atoms with Crippen molar-refractivity contribution in [2.75, 3.05) is 0 Å². The van der Waals surface area contributed by atoms with E-state index in [-0.39, 0.29) is 0 Å². The fourth-order valence-corrected chi connectivity index (χ4v) is 2.36. The number of benzene rings is 2. The van der Waals surface area contributed by atoms with Gasteiger partial charge in [-0.15, -0.1) is 0 Å². The summed E-state index contributed by atoms with van der Waals surface area (Å²) >= 11 is 0. The van der Waals surface area contributed by atoms with E-state index in [4.69, 9.17) is 4.74 Å². The largest absolute Gasteiger partial charge is 0.386 e. The monoisotopic (exact) mass is 266 g/mol. The normalized spacial score (nSPS) is 13.8. The Morgan fingerprint density at radius 1 is 1.00 bits per heavy atom. The molecule has 0 amide bonds. The van der Waals surface area contributed by atoms with Gasteiger partial charge in [-0.25, -0.2) is 9.59 Å². The minimum atomic E-state index is -0.623. The van der Waals surface area contributed by atoms with Crippen molar-refractivity contribution < 1.29 is 19.1 Å². The molecule has 0 radical (unpaired) electrons. The molecule has 0 aromatic heterocycles. The van der Waals surface area contributed by atoms with Crippen molar-refractivity contribution in [3.05, 3.63) is 53.1 Å². The summed E-state index contributed by atoms with van der Waals surface area (Å²) in [4.78, 5) is 33.8. The van der Waals surface area contributed by atoms with Gasteiger partial charge < -0.3 is 9.53 Å². The van der Waals surface area contributed by atoms with Gasteiger partial charge in [-0.1, -0.05) is 30.4 Å². The lowest BCUT2D eigenvalue weighted by atomic mass is 9.93. The Bertz CT molecular complexity index is 751. The average molecular weight is 266 g/mol. The molecule has 20 heavy (non-hydrogen) atoms. The molecule has 1 aliphatic heterocycles. The summed E-state index contributed by atoms with van der Waals surface area (Å²) in [7, 11) is 0. The van der Waals surface area contributed by atoms with Gasteiger partial charge in [-0.05, 0) is 23.1 Å². The van der Waals surface area contributed by atoms with Crippen LogP contribution in [0.15, 0.2) is 36.4 Å². The summed E-state index contributed by atoms with van der Waals surface area (Å²) < 4.78 is 4.70. The van der Waals surface area contributed by atoms with Crippen molar-refractivity contribution >= 4 is 35.1 Å². The topological polar surface area (TPSA) is 60.4 Å². The van der Waals surface area contributed by atoms with Crippen molar-refractivity contribution in [2.24, 2.45) is 0 Å². The Morgan fingerprint density at radius 2 is 1.75 bits per heavy atom. The molecule has 4 heteroatoms. The van der Waals surface area contributed by atoms with Gasteiger partial charge in [0.05, 0.1) is 11.1 Å². The fourth-order valence-electron chi connectivity index (χ4n) is 2.36. The number of aldehydes is 1. The number of carbonyl (C=O) groups excluding carboxylic acids is 3. The Labute approximate surface area is 114 Å². The highest BCUT2D eigenvalue weighted by atomic mass is 16.6. The average Bonchev–Trinajstić information content (AvgIpc) is 2.45. The first kappa shape index (κ1) is 12.3. The zero-order chi connectivity index (χ0) is 14.1. The van der Waals surface area contributed by atoms with Crippen molar-refractivity contribution in [1.29, 1.82) is 0 Å². The molecule has 0 atom stereocenters. The van der Waals surface area contributed by atoms with E-state index in [0.29, 0.717) is 22.9 Å². The van der Waals surface area contributed by atoms with E-state index < -0.39 is 11.9 Å². The number of esters is 2. The Morgan fingerprint density at radius 3 is 2.50 bits per heavy atom. The number of ether oxygens (including phenoxy) is 1. The third-order valence-corrected chi connectivity index (χ3v) is 3.23. The summed E-state index contributed by atoms with van der Waals surface area (Å²) in [5.74, 6) is -1.25. The van der Waals surface area contributed by atoms with Crippen LogP contribution in [0.1, 0.15) is 32.7 Å². The van der Waals surface area contributed by atoms with E-state index in [1.165, 1.54) is 0 Å². The van der Waals surface area contributed by atoms with E-state index in [0.717, 1.165) is 17.2 Å². The lowest BCUT2D eigenvalue weighted by Crippen LogP contribution is -2.19. The molecule has 0 unspecified atom stereocenters. The molecule has 2 aromatic rings. The van der Waals surface area contributed by atoms with Crippen LogP contribution in [0, 0.1) is 0 Å². The third-order valence-electron chi connectivity index (χ3n) is 3.23. The zero-order valence-corrected chi connectivity index (χ0v) is 10.5. The van der Waals surface area contributed by atoms with Crippen molar-refractivity contribution in [3.63, 3.8) is 0 Å². The highest BCUT2D eigenvalue weighted by Gasteiger charge is 2.27. The highest BCUT2D eigenvalue weighted by molar-refractivity contribution is 6.21. The van der Waals surface area contributed by atoms with Crippen molar-refractivity contribution in [3.8, 4) is 0 Å². The molecule has 0 spiro atoms. The number of allylic oxidation sites excluding steroid dienone is 1. The van der Waals surface area contributed by atoms with Crippen molar-refractivity contribution in [2.45, 2.75) is 6.42 Å². The molecule has 2 aromatic carbocycles. The van der Waals surface area contributed by atoms with Crippen LogP contribution >= 0.6 is 0 Å². The SMILES string of the molecule is O=CCC=Cc1ccc2c3c(cccc13)C(=O)OC2=O. The van der Waals surface area contributed by atoms with Crippen LogP contribution in [0.2, 0.25) is 0 Å². The number of hydrogen-bond acceptors (Lipinski definition) is 4. The van der Waals surface area contributed by atoms with Crippen LogP contribution in [0.5, 0.6) is 0 Å². The lowest BCUT2D eigenvalue weighted by Gasteiger charge is -2.16. The van der Waals surface area contributed by atoms with Crippen LogP contribution in [0.25, 0.3) is 16.8 Å². The predicted molar refractivity (Wildman–Crippen MR) is 73.4 cm³/mol. The molecule has 0 aliphatic carbocycles. The zero-order valence-electron chi connectivity index (χ0n) is 10.5. The first-order chi connectivity index (χ1) is 9.72. The fraction of sp³-hybridized carbons (Fsp3) is 0.0625. The quantitative estimate of drug-likeness (QED) is 0.487.